The van der Waals surface area contributed by atoms with Crippen LogP contribution in [0.1, 0.15) is 22.4 Å². The van der Waals surface area contributed by atoms with Gasteiger partial charge in [0, 0.05) is 24.7 Å². The van der Waals surface area contributed by atoms with Crippen LogP contribution in [0.3, 0.4) is 0 Å². The van der Waals surface area contributed by atoms with Gasteiger partial charge in [-0.15, -0.1) is 35.3 Å². The Labute approximate surface area is 170 Å². The van der Waals surface area contributed by atoms with E-state index in [-0.39, 0.29) is 24.0 Å². The van der Waals surface area contributed by atoms with Gasteiger partial charge in [0.15, 0.2) is 17.5 Å². The van der Waals surface area contributed by atoms with Crippen molar-refractivity contribution < 1.29 is 9.47 Å². The molecule has 0 bridgehead atoms. The molecule has 0 radical (unpaired) electrons. The maximum absolute atomic E-state index is 5.60. The van der Waals surface area contributed by atoms with E-state index in [1.165, 1.54) is 4.88 Å². The maximum Gasteiger partial charge on any atom is 0.191 e. The van der Waals surface area contributed by atoms with E-state index in [0.29, 0.717) is 19.7 Å². The van der Waals surface area contributed by atoms with Crippen molar-refractivity contribution in [2.75, 3.05) is 20.8 Å². The number of methoxy groups -OCH3 is 1. The number of hydrogen-bond donors (Lipinski definition) is 2. The second-order valence-electron chi connectivity index (χ2n) is 5.06. The minimum absolute atomic E-state index is 0. The fourth-order valence-electron chi connectivity index (χ4n) is 2.15. The Morgan fingerprint density at radius 2 is 2.00 bits per heavy atom. The molecule has 25 heavy (non-hydrogen) atoms. The molecule has 0 aliphatic heterocycles. The highest BCUT2D eigenvalue weighted by atomic mass is 127. The average molecular weight is 476 g/mol. The lowest BCUT2D eigenvalue weighted by Crippen LogP contribution is -2.36. The second kappa shape index (κ2) is 11.1. The summed E-state index contributed by atoms with van der Waals surface area (Å²) < 4.78 is 10.9. The van der Waals surface area contributed by atoms with Crippen molar-refractivity contribution in [3.05, 3.63) is 39.8 Å². The smallest absolute Gasteiger partial charge is 0.191 e. The monoisotopic (exact) mass is 476 g/mol. The molecule has 0 saturated carbocycles. The molecule has 0 aliphatic carbocycles. The second-order valence-corrected chi connectivity index (χ2v) is 6.38. The molecule has 0 saturated heterocycles. The van der Waals surface area contributed by atoms with Crippen LogP contribution in [0.4, 0.5) is 0 Å². The van der Waals surface area contributed by atoms with Crippen molar-refractivity contribution >= 4 is 41.3 Å². The van der Waals surface area contributed by atoms with Gasteiger partial charge in [-0.05, 0) is 31.5 Å². The van der Waals surface area contributed by atoms with Gasteiger partial charge >= 0.3 is 0 Å². The fourth-order valence-corrected chi connectivity index (χ4v) is 2.88. The van der Waals surface area contributed by atoms with Gasteiger partial charge in [-0.1, -0.05) is 6.07 Å². The fraction of sp³-hybridized carbons (Fsp3) is 0.412. The number of aryl methyl sites for hydroxylation is 1. The Hall–Kier alpha value is -1.55. The van der Waals surface area contributed by atoms with Gasteiger partial charge < -0.3 is 20.1 Å². The van der Waals surface area contributed by atoms with Crippen molar-refractivity contribution in [3.8, 4) is 11.5 Å². The molecule has 0 unspecified atom stereocenters. The molecule has 1 aromatic carbocycles. The Morgan fingerprint density at radius 3 is 2.60 bits per heavy atom. The van der Waals surface area contributed by atoms with Crippen LogP contribution in [-0.4, -0.2) is 31.7 Å². The number of nitrogens with one attached hydrogen (secondary N) is 2. The summed E-state index contributed by atoms with van der Waals surface area (Å²) in [6.07, 6.45) is 1.88. The molecule has 1 heterocycles. The van der Waals surface area contributed by atoms with Gasteiger partial charge in [0.25, 0.3) is 0 Å². The van der Waals surface area contributed by atoms with Crippen LogP contribution >= 0.6 is 35.3 Å². The SMILES string of the molecule is CCOc1cc(CNC(=NC)NCc2ncc(C)s2)ccc1OC.I. The van der Waals surface area contributed by atoms with Gasteiger partial charge in [-0.3, -0.25) is 4.99 Å². The maximum atomic E-state index is 5.60. The van der Waals surface area contributed by atoms with Gasteiger partial charge in [-0.2, -0.15) is 0 Å². The van der Waals surface area contributed by atoms with Gasteiger partial charge in [0.1, 0.15) is 5.01 Å². The summed E-state index contributed by atoms with van der Waals surface area (Å²) in [4.78, 5) is 9.77. The number of benzene rings is 1. The van der Waals surface area contributed by atoms with E-state index in [1.807, 2.05) is 38.2 Å². The first-order valence-corrected chi connectivity index (χ1v) is 8.63. The molecule has 0 spiro atoms. The number of guanidine groups is 1. The van der Waals surface area contributed by atoms with E-state index in [4.69, 9.17) is 9.47 Å². The topological polar surface area (TPSA) is 67.8 Å². The molecule has 2 N–H and O–H groups in total. The number of aliphatic imine (C=N–C) groups is 1. The number of halogens is 1. The first-order chi connectivity index (χ1) is 11.7. The summed E-state index contributed by atoms with van der Waals surface area (Å²) >= 11 is 1.68. The molecule has 2 aromatic rings. The van der Waals surface area contributed by atoms with Crippen molar-refractivity contribution in [3.63, 3.8) is 0 Å². The third-order valence-corrected chi connectivity index (χ3v) is 4.20. The summed E-state index contributed by atoms with van der Waals surface area (Å²) in [6.45, 7) is 5.90. The molecular weight excluding hydrogens is 451 g/mol. The largest absolute Gasteiger partial charge is 0.493 e. The van der Waals surface area contributed by atoms with Crippen LogP contribution in [0.2, 0.25) is 0 Å². The molecule has 1 aromatic heterocycles. The molecular formula is C17H25IN4O2S. The number of ether oxygens (including phenoxy) is 2. The number of aromatic nitrogens is 1. The zero-order valence-corrected chi connectivity index (χ0v) is 18.1. The number of thiazole rings is 1. The molecule has 0 atom stereocenters. The lowest BCUT2D eigenvalue weighted by molar-refractivity contribution is 0.310. The van der Waals surface area contributed by atoms with E-state index in [2.05, 4.69) is 20.6 Å². The first-order valence-electron chi connectivity index (χ1n) is 7.81. The highest BCUT2D eigenvalue weighted by molar-refractivity contribution is 14.0. The first kappa shape index (κ1) is 21.5. The molecule has 6 nitrogen and oxygen atoms in total. The molecule has 2 rings (SSSR count). The van der Waals surface area contributed by atoms with Crippen LogP contribution in [0.15, 0.2) is 29.4 Å². The van der Waals surface area contributed by atoms with Gasteiger partial charge in [0.2, 0.25) is 0 Å². The Kier molecular flexibility index (Phi) is 9.58. The lowest BCUT2D eigenvalue weighted by atomic mass is 10.2. The zero-order chi connectivity index (χ0) is 17.4. The zero-order valence-electron chi connectivity index (χ0n) is 15.0. The predicted octanol–water partition coefficient (Wildman–Crippen LogP) is 3.34. The molecule has 0 aliphatic rings. The van der Waals surface area contributed by atoms with Crippen LogP contribution < -0.4 is 20.1 Å². The van der Waals surface area contributed by atoms with Crippen molar-refractivity contribution in [1.82, 2.24) is 15.6 Å². The van der Waals surface area contributed by atoms with E-state index >= 15 is 0 Å². The van der Waals surface area contributed by atoms with E-state index < -0.39 is 0 Å². The average Bonchev–Trinajstić information content (AvgIpc) is 3.01. The van der Waals surface area contributed by atoms with E-state index in [0.717, 1.165) is 28.0 Å². The van der Waals surface area contributed by atoms with Crippen molar-refractivity contribution in [2.45, 2.75) is 26.9 Å². The third-order valence-electron chi connectivity index (χ3n) is 3.29. The predicted molar refractivity (Wildman–Crippen MR) is 113 cm³/mol. The van der Waals surface area contributed by atoms with E-state index in [9.17, 15) is 0 Å². The van der Waals surface area contributed by atoms with Gasteiger partial charge in [0.05, 0.1) is 20.3 Å². The molecule has 0 fully saturated rings. The van der Waals surface area contributed by atoms with Crippen LogP contribution in [0.25, 0.3) is 0 Å². The normalized spacial score (nSPS) is 10.8. The Morgan fingerprint density at radius 1 is 1.24 bits per heavy atom. The lowest BCUT2D eigenvalue weighted by Gasteiger charge is -2.13. The molecule has 138 valence electrons. The van der Waals surface area contributed by atoms with Crippen molar-refractivity contribution in [2.24, 2.45) is 4.99 Å². The third kappa shape index (κ3) is 6.69. The summed E-state index contributed by atoms with van der Waals surface area (Å²) in [7, 11) is 3.39. The van der Waals surface area contributed by atoms with Crippen molar-refractivity contribution in [1.29, 1.82) is 0 Å². The highest BCUT2D eigenvalue weighted by Crippen LogP contribution is 2.27. The van der Waals surface area contributed by atoms with Crippen LogP contribution in [0.5, 0.6) is 11.5 Å². The van der Waals surface area contributed by atoms with E-state index in [1.54, 1.807) is 25.5 Å². The number of rotatable bonds is 7. The number of hydrogen-bond acceptors (Lipinski definition) is 5. The van der Waals surface area contributed by atoms with Crippen LogP contribution in [-0.2, 0) is 13.1 Å². The minimum Gasteiger partial charge on any atom is -0.493 e. The van der Waals surface area contributed by atoms with Crippen LogP contribution in [0, 0.1) is 6.92 Å². The molecule has 0 amide bonds. The Bertz CT molecular complexity index is 691. The summed E-state index contributed by atoms with van der Waals surface area (Å²) in [5, 5.41) is 7.59. The Balaban J connectivity index is 0.00000312. The summed E-state index contributed by atoms with van der Waals surface area (Å²) in [5.41, 5.74) is 1.09. The summed E-state index contributed by atoms with van der Waals surface area (Å²) in [6, 6.07) is 5.90. The highest BCUT2D eigenvalue weighted by Gasteiger charge is 2.06. The van der Waals surface area contributed by atoms with Gasteiger partial charge in [-0.25, -0.2) is 4.98 Å². The number of nitrogens with zero attached hydrogens (tertiary/aromatic N) is 2. The summed E-state index contributed by atoms with van der Waals surface area (Å²) in [5.74, 6) is 2.22. The minimum atomic E-state index is 0. The molecule has 8 heteroatoms. The standard InChI is InChI=1S/C17H24N4O2S.HI/c1-5-23-15-8-13(6-7-14(15)22-4)10-20-17(18-3)21-11-16-19-9-12(2)24-16;/h6-9H,5,10-11H2,1-4H3,(H2,18,20,21);1H. The quantitative estimate of drug-likeness (QED) is 0.365.